The van der Waals surface area contributed by atoms with Gasteiger partial charge in [-0.05, 0) is 12.5 Å². The molecule has 2 amide bonds. The van der Waals surface area contributed by atoms with E-state index >= 15 is 0 Å². The van der Waals surface area contributed by atoms with E-state index in [1.54, 1.807) is 6.92 Å². The molecule has 0 radical (unpaired) electrons. The number of carboxylic acid groups (broad SMARTS) is 1. The van der Waals surface area contributed by atoms with Crippen LogP contribution in [0.3, 0.4) is 0 Å². The van der Waals surface area contributed by atoms with Crippen LogP contribution in [0.5, 0.6) is 0 Å². The number of nitrogens with one attached hydrogen (secondary N) is 1. The van der Waals surface area contributed by atoms with E-state index in [4.69, 9.17) is 4.74 Å². The van der Waals surface area contributed by atoms with Crippen molar-refractivity contribution in [3.63, 3.8) is 0 Å². The number of ether oxygens (including phenoxy) is 1. The maximum Gasteiger partial charge on any atom is 0.471 e. The Bertz CT molecular complexity index is 1020. The Morgan fingerprint density at radius 1 is 1.44 bits per heavy atom. The molecule has 1 unspecified atom stereocenters. The smallest absolute Gasteiger partial charge is 0.471 e. The molecule has 3 heterocycles. The van der Waals surface area contributed by atoms with Crippen LogP contribution in [0.25, 0.3) is 0 Å². The number of carbonyl (C=O) groups excluding carboxylic acids is 2. The highest BCUT2D eigenvalue weighted by Gasteiger charge is 2.66. The third-order valence-electron chi connectivity index (χ3n) is 4.36. The van der Waals surface area contributed by atoms with Gasteiger partial charge < -0.3 is 15.2 Å². The number of thioether (sulfide) groups is 2. The molecule has 2 N–H and O–H groups in total. The summed E-state index contributed by atoms with van der Waals surface area (Å²) in [7, 11) is -2.40. The highest BCUT2D eigenvalue weighted by atomic mass is 32.2. The first-order valence-electron chi connectivity index (χ1n) is 8.55. The van der Waals surface area contributed by atoms with E-state index in [1.807, 2.05) is 0 Å². The minimum Gasteiger partial charge on any atom is -0.477 e. The molecule has 17 heteroatoms. The number of β-lactam (4-membered cyclic amide) rings is 1. The number of aromatic nitrogens is 2. The van der Waals surface area contributed by atoms with Gasteiger partial charge in [0, 0.05) is 18.6 Å². The zero-order valence-corrected chi connectivity index (χ0v) is 19.6. The van der Waals surface area contributed by atoms with Gasteiger partial charge in [0.1, 0.15) is 32.6 Å². The van der Waals surface area contributed by atoms with Crippen molar-refractivity contribution in [3.8, 4) is 0 Å². The first-order chi connectivity index (χ1) is 14.9. The van der Waals surface area contributed by atoms with E-state index in [2.05, 4.69) is 15.5 Å². The van der Waals surface area contributed by atoms with Crippen LogP contribution in [-0.4, -0.2) is 83.2 Å². The largest absolute Gasteiger partial charge is 0.477 e. The molecule has 1 fully saturated rings. The van der Waals surface area contributed by atoms with Crippen LogP contribution in [0.4, 0.5) is 13.2 Å². The Labute approximate surface area is 193 Å². The second kappa shape index (κ2) is 9.28. The number of carboxylic acids is 1. The SMILES string of the molecule is CO[C@@]1(NC(=O)CS(=O)C(F)(F)F)C(=O)N2C(C(=O)O)=C(CSc3nnc(C)s3)CS[C@@H]21. The summed E-state index contributed by atoms with van der Waals surface area (Å²) in [6, 6.07) is 0. The topological polar surface area (TPSA) is 139 Å². The predicted octanol–water partition coefficient (Wildman–Crippen LogP) is 0.920. The van der Waals surface area contributed by atoms with Crippen molar-refractivity contribution < 1.29 is 41.6 Å². The van der Waals surface area contributed by atoms with Crippen molar-refractivity contribution >= 4 is 63.4 Å². The van der Waals surface area contributed by atoms with Gasteiger partial charge in [0.2, 0.25) is 5.91 Å². The molecule has 2 aliphatic heterocycles. The van der Waals surface area contributed by atoms with Crippen molar-refractivity contribution in [2.45, 2.75) is 27.9 Å². The standard InChI is InChI=1S/C15H15F3N4O6S4/c1-6-20-21-13(31-6)30-4-7-3-29-12-14(28-2,11(26)22(12)9(7)10(24)25)19-8(23)5-32(27)15(16,17)18/h12H,3-5H2,1-2H3,(H,19,23)(H,24,25)/t12-,14+,32?/m1/s1. The number of fused-ring (bicyclic) bond motifs is 1. The van der Waals surface area contributed by atoms with Crippen molar-refractivity contribution in [2.75, 3.05) is 24.4 Å². The lowest BCUT2D eigenvalue weighted by Gasteiger charge is -2.55. The minimum absolute atomic E-state index is 0.163. The van der Waals surface area contributed by atoms with E-state index < -0.39 is 50.9 Å². The molecule has 0 spiro atoms. The third kappa shape index (κ3) is 4.66. The van der Waals surface area contributed by atoms with E-state index in [0.717, 1.165) is 28.8 Å². The summed E-state index contributed by atoms with van der Waals surface area (Å²) in [6.07, 6.45) is 0. The van der Waals surface area contributed by atoms with Crippen LogP contribution in [0.15, 0.2) is 15.6 Å². The molecule has 0 saturated carbocycles. The molecule has 0 aliphatic carbocycles. The van der Waals surface area contributed by atoms with Gasteiger partial charge in [0.05, 0.1) is 0 Å². The van der Waals surface area contributed by atoms with Crippen molar-refractivity contribution in [3.05, 3.63) is 16.3 Å². The molecule has 176 valence electrons. The number of alkyl halides is 3. The summed E-state index contributed by atoms with van der Waals surface area (Å²) in [5, 5.41) is 19.3. The molecule has 1 aromatic rings. The Hall–Kier alpha value is -1.69. The van der Waals surface area contributed by atoms with Crippen molar-refractivity contribution in [1.29, 1.82) is 0 Å². The van der Waals surface area contributed by atoms with Gasteiger partial charge in [-0.1, -0.05) is 23.1 Å². The second-order valence-corrected chi connectivity index (χ2v) is 11.3. The van der Waals surface area contributed by atoms with Crippen molar-refractivity contribution in [2.24, 2.45) is 0 Å². The van der Waals surface area contributed by atoms with Gasteiger partial charge in [-0.15, -0.1) is 22.0 Å². The molecule has 3 rings (SSSR count). The summed E-state index contributed by atoms with van der Waals surface area (Å²) in [6.45, 7) is 1.77. The van der Waals surface area contributed by atoms with Crippen molar-refractivity contribution in [1.82, 2.24) is 20.4 Å². The summed E-state index contributed by atoms with van der Waals surface area (Å²) in [5.74, 6) is -4.67. The Morgan fingerprint density at radius 3 is 2.66 bits per heavy atom. The number of hydrogen-bond donors (Lipinski definition) is 2. The van der Waals surface area contributed by atoms with Crippen LogP contribution in [-0.2, 0) is 29.9 Å². The number of halogens is 3. The number of aliphatic carboxylic acids is 1. The van der Waals surface area contributed by atoms with Gasteiger partial charge in [-0.3, -0.25) is 14.5 Å². The van der Waals surface area contributed by atoms with Gasteiger partial charge in [-0.2, -0.15) is 13.2 Å². The Balaban J connectivity index is 1.78. The van der Waals surface area contributed by atoms with Gasteiger partial charge in [-0.25, -0.2) is 9.00 Å². The normalized spacial score (nSPS) is 24.1. The first-order valence-corrected chi connectivity index (χ1v) is 12.7. The molecule has 0 bridgehead atoms. The van der Waals surface area contributed by atoms with Crippen LogP contribution < -0.4 is 5.32 Å². The number of rotatable bonds is 8. The fraction of sp³-hybridized carbons (Fsp3) is 0.533. The number of amides is 2. The predicted molar refractivity (Wildman–Crippen MR) is 110 cm³/mol. The molecule has 3 atom stereocenters. The average Bonchev–Trinajstić information content (AvgIpc) is 3.13. The van der Waals surface area contributed by atoms with Gasteiger partial charge in [0.25, 0.3) is 11.6 Å². The van der Waals surface area contributed by atoms with E-state index in [0.29, 0.717) is 9.91 Å². The Kier molecular flexibility index (Phi) is 7.23. The van der Waals surface area contributed by atoms with Gasteiger partial charge in [0.15, 0.2) is 4.34 Å². The molecule has 32 heavy (non-hydrogen) atoms. The third-order valence-corrected chi connectivity index (χ3v) is 8.83. The lowest BCUT2D eigenvalue weighted by Crippen LogP contribution is -2.81. The lowest BCUT2D eigenvalue weighted by atomic mass is 9.98. The zero-order valence-electron chi connectivity index (χ0n) is 16.3. The molecular formula is C15H15F3N4O6S4. The maximum absolute atomic E-state index is 12.9. The monoisotopic (exact) mass is 532 g/mol. The van der Waals surface area contributed by atoms with E-state index in [1.165, 1.54) is 23.1 Å². The quantitative estimate of drug-likeness (QED) is 0.282. The summed E-state index contributed by atoms with van der Waals surface area (Å²) >= 11 is 3.67. The molecule has 1 saturated heterocycles. The molecule has 1 aromatic heterocycles. The van der Waals surface area contributed by atoms with Crippen LogP contribution >= 0.6 is 34.9 Å². The second-order valence-electron chi connectivity index (χ2n) is 6.40. The molecular weight excluding hydrogens is 517 g/mol. The summed E-state index contributed by atoms with van der Waals surface area (Å²) in [5.41, 5.74) is -7.01. The number of carbonyl (C=O) groups is 3. The fourth-order valence-corrected chi connectivity index (χ4v) is 6.85. The molecule has 10 nitrogen and oxygen atoms in total. The maximum atomic E-state index is 12.9. The van der Waals surface area contributed by atoms with Gasteiger partial charge >= 0.3 is 11.5 Å². The average molecular weight is 533 g/mol. The number of methoxy groups -OCH3 is 1. The minimum atomic E-state index is -5.09. The molecule has 0 aromatic carbocycles. The number of hydrogen-bond acceptors (Lipinski definition) is 10. The van der Waals surface area contributed by atoms with E-state index in [-0.39, 0.29) is 17.2 Å². The van der Waals surface area contributed by atoms with E-state index in [9.17, 15) is 36.9 Å². The van der Waals surface area contributed by atoms with Crippen LogP contribution in [0.1, 0.15) is 5.01 Å². The first kappa shape index (κ1) is 24.9. The number of nitrogens with zero attached hydrogens (tertiary/aromatic N) is 3. The fourth-order valence-electron chi connectivity index (χ4n) is 2.98. The zero-order chi connectivity index (χ0) is 23.8. The lowest BCUT2D eigenvalue weighted by molar-refractivity contribution is -0.192. The summed E-state index contributed by atoms with van der Waals surface area (Å²) in [4.78, 5) is 37.7. The van der Waals surface area contributed by atoms with Crippen LogP contribution in [0.2, 0.25) is 0 Å². The van der Waals surface area contributed by atoms with Crippen LogP contribution in [0, 0.1) is 6.92 Å². The Morgan fingerprint density at radius 2 is 2.12 bits per heavy atom. The number of aryl methyl sites for hydroxylation is 1. The summed E-state index contributed by atoms with van der Waals surface area (Å²) < 4.78 is 54.4. The highest BCUT2D eigenvalue weighted by molar-refractivity contribution is 8.01. The molecule has 2 aliphatic rings. The highest BCUT2D eigenvalue weighted by Crippen LogP contribution is 2.47.